The number of ether oxygens (including phenoxy) is 1. The van der Waals surface area contributed by atoms with Gasteiger partial charge in [0.1, 0.15) is 5.82 Å². The van der Waals surface area contributed by atoms with Crippen molar-refractivity contribution in [2.24, 2.45) is 5.73 Å². The minimum absolute atomic E-state index is 0.183. The Morgan fingerprint density at radius 3 is 2.84 bits per heavy atom. The third kappa shape index (κ3) is 3.25. The lowest BCUT2D eigenvalue weighted by molar-refractivity contribution is 0.116. The van der Waals surface area contributed by atoms with Crippen molar-refractivity contribution in [2.45, 2.75) is 38.8 Å². The van der Waals surface area contributed by atoms with Crippen LogP contribution < -0.4 is 10.6 Å². The summed E-state index contributed by atoms with van der Waals surface area (Å²) >= 11 is 0. The van der Waals surface area contributed by atoms with Crippen LogP contribution in [0.4, 0.5) is 10.1 Å². The van der Waals surface area contributed by atoms with Crippen LogP contribution in [-0.4, -0.2) is 26.3 Å². The number of halogens is 1. The minimum Gasteiger partial charge on any atom is -0.376 e. The summed E-state index contributed by atoms with van der Waals surface area (Å²) in [6.07, 6.45) is 2.50. The molecule has 4 heteroatoms. The molecular formula is C15H23FN2O. The lowest BCUT2D eigenvalue weighted by Gasteiger charge is -2.27. The van der Waals surface area contributed by atoms with Gasteiger partial charge >= 0.3 is 0 Å². The second-order valence-corrected chi connectivity index (χ2v) is 5.46. The Morgan fingerprint density at radius 1 is 1.53 bits per heavy atom. The average Bonchev–Trinajstić information content (AvgIpc) is 2.84. The third-order valence-corrected chi connectivity index (χ3v) is 3.71. The van der Waals surface area contributed by atoms with E-state index in [2.05, 4.69) is 4.90 Å². The summed E-state index contributed by atoms with van der Waals surface area (Å²) in [6, 6.07) is 3.25. The van der Waals surface area contributed by atoms with Crippen LogP contribution in [0.5, 0.6) is 0 Å². The molecule has 2 rings (SSSR count). The van der Waals surface area contributed by atoms with Crippen LogP contribution in [-0.2, 0) is 4.74 Å². The van der Waals surface area contributed by atoms with Crippen molar-refractivity contribution in [2.75, 3.05) is 25.1 Å². The first-order valence-electron chi connectivity index (χ1n) is 6.87. The number of hydrogen-bond acceptors (Lipinski definition) is 3. The van der Waals surface area contributed by atoms with Crippen LogP contribution in [0.3, 0.4) is 0 Å². The summed E-state index contributed by atoms with van der Waals surface area (Å²) in [5.74, 6) is -0.193. The van der Waals surface area contributed by atoms with E-state index in [1.165, 1.54) is 0 Å². The molecule has 1 aliphatic rings. The molecule has 2 N–H and O–H groups in total. The summed E-state index contributed by atoms with van der Waals surface area (Å²) < 4.78 is 19.3. The molecule has 2 atom stereocenters. The molecule has 1 unspecified atom stereocenters. The van der Waals surface area contributed by atoms with Gasteiger partial charge in [-0.3, -0.25) is 0 Å². The lowest BCUT2D eigenvalue weighted by atomic mass is 10.0. The highest BCUT2D eigenvalue weighted by molar-refractivity contribution is 5.56. The van der Waals surface area contributed by atoms with Gasteiger partial charge in [0.25, 0.3) is 0 Å². The Morgan fingerprint density at radius 2 is 2.26 bits per heavy atom. The zero-order valence-electron chi connectivity index (χ0n) is 11.9. The number of nitrogens with two attached hydrogens (primary N) is 1. The molecule has 3 nitrogen and oxygen atoms in total. The third-order valence-electron chi connectivity index (χ3n) is 3.71. The highest BCUT2D eigenvalue weighted by atomic mass is 19.1. The Balaban J connectivity index is 2.23. The topological polar surface area (TPSA) is 38.5 Å². The van der Waals surface area contributed by atoms with Gasteiger partial charge in [0, 0.05) is 31.9 Å². The average molecular weight is 266 g/mol. The number of anilines is 1. The molecule has 1 fully saturated rings. The van der Waals surface area contributed by atoms with Crippen molar-refractivity contribution in [1.82, 2.24) is 0 Å². The summed E-state index contributed by atoms with van der Waals surface area (Å²) in [4.78, 5) is 2.13. The van der Waals surface area contributed by atoms with Crippen molar-refractivity contribution in [3.63, 3.8) is 0 Å². The van der Waals surface area contributed by atoms with Crippen molar-refractivity contribution in [3.05, 3.63) is 29.1 Å². The van der Waals surface area contributed by atoms with E-state index < -0.39 is 0 Å². The maximum atomic E-state index is 13.7. The van der Waals surface area contributed by atoms with Gasteiger partial charge in [-0.25, -0.2) is 4.39 Å². The Kier molecular flexibility index (Phi) is 4.42. The van der Waals surface area contributed by atoms with Gasteiger partial charge < -0.3 is 15.4 Å². The molecule has 1 aromatic rings. The van der Waals surface area contributed by atoms with Crippen LogP contribution in [0, 0.1) is 12.7 Å². The SMILES string of the molecule is Cc1cc(N(C)CC2CCCO2)c([C@H](C)N)cc1F. The van der Waals surface area contributed by atoms with E-state index in [4.69, 9.17) is 10.5 Å². The van der Waals surface area contributed by atoms with Gasteiger partial charge in [-0.1, -0.05) is 0 Å². The normalized spacial score (nSPS) is 20.6. The highest BCUT2D eigenvalue weighted by Crippen LogP contribution is 2.28. The van der Waals surface area contributed by atoms with Crippen LogP contribution in [0.15, 0.2) is 12.1 Å². The zero-order chi connectivity index (χ0) is 14.0. The van der Waals surface area contributed by atoms with E-state index in [0.29, 0.717) is 5.56 Å². The number of nitrogens with zero attached hydrogens (tertiary/aromatic N) is 1. The van der Waals surface area contributed by atoms with E-state index in [1.54, 1.807) is 13.0 Å². The maximum absolute atomic E-state index is 13.7. The van der Waals surface area contributed by atoms with E-state index >= 15 is 0 Å². The molecule has 1 saturated heterocycles. The molecule has 0 saturated carbocycles. The molecule has 1 aromatic carbocycles. The van der Waals surface area contributed by atoms with Crippen LogP contribution in [0.2, 0.25) is 0 Å². The standard InChI is InChI=1S/C15H23FN2O/c1-10-7-15(13(11(2)17)8-14(10)16)18(3)9-12-5-4-6-19-12/h7-8,11-12H,4-6,9,17H2,1-3H3/t11-,12?/m0/s1. The number of aryl methyl sites for hydroxylation is 1. The smallest absolute Gasteiger partial charge is 0.126 e. The van der Waals surface area contributed by atoms with Crippen LogP contribution >= 0.6 is 0 Å². The summed E-state index contributed by atoms with van der Waals surface area (Å²) in [5.41, 5.74) is 8.46. The zero-order valence-corrected chi connectivity index (χ0v) is 11.9. The number of rotatable bonds is 4. The first-order valence-corrected chi connectivity index (χ1v) is 6.87. The molecule has 0 amide bonds. The Hall–Kier alpha value is -1.13. The van der Waals surface area contributed by atoms with E-state index in [0.717, 1.165) is 37.2 Å². The van der Waals surface area contributed by atoms with Gasteiger partial charge in [0.15, 0.2) is 0 Å². The summed E-state index contributed by atoms with van der Waals surface area (Å²) in [7, 11) is 2.01. The number of benzene rings is 1. The summed E-state index contributed by atoms with van der Waals surface area (Å²) in [5, 5.41) is 0. The molecule has 19 heavy (non-hydrogen) atoms. The van der Waals surface area contributed by atoms with Crippen molar-refractivity contribution in [3.8, 4) is 0 Å². The molecular weight excluding hydrogens is 243 g/mol. The molecule has 0 aliphatic carbocycles. The number of hydrogen-bond donors (Lipinski definition) is 1. The van der Waals surface area contributed by atoms with E-state index in [9.17, 15) is 4.39 Å². The maximum Gasteiger partial charge on any atom is 0.126 e. The van der Waals surface area contributed by atoms with Crippen molar-refractivity contribution >= 4 is 5.69 Å². The van der Waals surface area contributed by atoms with Gasteiger partial charge in [-0.15, -0.1) is 0 Å². The van der Waals surface area contributed by atoms with Gasteiger partial charge in [-0.05, 0) is 49.9 Å². The first kappa shape index (κ1) is 14.3. The number of likely N-dealkylation sites (N-methyl/N-ethyl adjacent to an activating group) is 1. The summed E-state index contributed by atoms with van der Waals surface area (Å²) in [6.45, 7) is 5.34. The molecule has 106 valence electrons. The monoisotopic (exact) mass is 266 g/mol. The predicted molar refractivity (Wildman–Crippen MR) is 76.0 cm³/mol. The van der Waals surface area contributed by atoms with Gasteiger partial charge in [-0.2, -0.15) is 0 Å². The second-order valence-electron chi connectivity index (χ2n) is 5.46. The molecule has 0 spiro atoms. The molecule has 1 aliphatic heterocycles. The fourth-order valence-electron chi connectivity index (χ4n) is 2.57. The molecule has 0 radical (unpaired) electrons. The fraction of sp³-hybridized carbons (Fsp3) is 0.600. The van der Waals surface area contributed by atoms with Crippen molar-refractivity contribution in [1.29, 1.82) is 0 Å². The quantitative estimate of drug-likeness (QED) is 0.910. The second kappa shape index (κ2) is 5.88. The lowest BCUT2D eigenvalue weighted by Crippen LogP contribution is -2.30. The highest BCUT2D eigenvalue weighted by Gasteiger charge is 2.20. The van der Waals surface area contributed by atoms with Gasteiger partial charge in [0.2, 0.25) is 0 Å². The minimum atomic E-state index is -0.193. The molecule has 0 bridgehead atoms. The van der Waals surface area contributed by atoms with E-state index in [-0.39, 0.29) is 18.0 Å². The fourth-order valence-corrected chi connectivity index (χ4v) is 2.57. The van der Waals surface area contributed by atoms with Crippen molar-refractivity contribution < 1.29 is 9.13 Å². The predicted octanol–water partition coefficient (Wildman–Crippen LogP) is 2.77. The van der Waals surface area contributed by atoms with Gasteiger partial charge in [0.05, 0.1) is 6.10 Å². The first-order chi connectivity index (χ1) is 8.99. The molecule has 0 aromatic heterocycles. The van der Waals surface area contributed by atoms with E-state index in [1.807, 2.05) is 20.0 Å². The molecule has 1 heterocycles. The largest absolute Gasteiger partial charge is 0.376 e. The van der Waals surface area contributed by atoms with Crippen LogP contribution in [0.1, 0.15) is 36.9 Å². The Labute approximate surface area is 114 Å². The van der Waals surface area contributed by atoms with Crippen LogP contribution in [0.25, 0.3) is 0 Å². The Bertz CT molecular complexity index is 442.